The van der Waals surface area contributed by atoms with Crippen LogP contribution in [0.2, 0.25) is 0 Å². The largest absolute Gasteiger partial charge is 0.336 e. The molecule has 1 saturated heterocycles. The quantitative estimate of drug-likeness (QED) is 0.816. The molecule has 2 aromatic rings. The highest BCUT2D eigenvalue weighted by Gasteiger charge is 2.31. The van der Waals surface area contributed by atoms with Crippen LogP contribution in [0.3, 0.4) is 0 Å². The van der Waals surface area contributed by atoms with Crippen molar-refractivity contribution >= 4 is 11.8 Å². The van der Waals surface area contributed by atoms with E-state index in [-0.39, 0.29) is 17.9 Å². The lowest BCUT2D eigenvalue weighted by Gasteiger charge is -2.31. The monoisotopic (exact) mass is 366 g/mol. The summed E-state index contributed by atoms with van der Waals surface area (Å²) in [5.41, 5.74) is 1.58. The molecule has 1 atom stereocenters. The Kier molecular flexibility index (Phi) is 6.16. The van der Waals surface area contributed by atoms with Crippen molar-refractivity contribution in [2.75, 3.05) is 13.1 Å². The summed E-state index contributed by atoms with van der Waals surface area (Å²) in [6.07, 6.45) is 5.04. The fourth-order valence-corrected chi connectivity index (χ4v) is 3.38. The molecule has 2 amide bonds. The van der Waals surface area contributed by atoms with Crippen molar-refractivity contribution in [2.45, 2.75) is 45.7 Å². The number of carbonyl (C=O) groups is 2. The first kappa shape index (κ1) is 19.0. The Hall–Kier alpha value is -2.76. The maximum Gasteiger partial charge on any atom is 0.257 e. The lowest BCUT2D eigenvalue weighted by Crippen LogP contribution is -2.43. The van der Waals surface area contributed by atoms with E-state index >= 15 is 0 Å². The highest BCUT2D eigenvalue weighted by molar-refractivity contribution is 5.94. The normalized spacial score (nSPS) is 17.7. The average molecular weight is 366 g/mol. The van der Waals surface area contributed by atoms with E-state index in [1.165, 1.54) is 0 Å². The highest BCUT2D eigenvalue weighted by Crippen LogP contribution is 2.19. The third kappa shape index (κ3) is 4.51. The van der Waals surface area contributed by atoms with Crippen molar-refractivity contribution in [1.82, 2.24) is 19.8 Å². The molecule has 6 nitrogen and oxygen atoms in total. The van der Waals surface area contributed by atoms with Gasteiger partial charge in [0, 0.05) is 50.9 Å². The smallest absolute Gasteiger partial charge is 0.257 e. The van der Waals surface area contributed by atoms with E-state index in [1.807, 2.05) is 42.2 Å². The Labute approximate surface area is 160 Å². The molecule has 6 heteroatoms. The summed E-state index contributed by atoms with van der Waals surface area (Å²) in [5.74, 6) is 0.710. The van der Waals surface area contributed by atoms with Crippen LogP contribution in [0.5, 0.6) is 0 Å². The number of aromatic nitrogens is 2. The van der Waals surface area contributed by atoms with Crippen LogP contribution in [-0.2, 0) is 17.8 Å². The van der Waals surface area contributed by atoms with Crippen molar-refractivity contribution in [1.29, 1.82) is 0 Å². The molecular weight excluding hydrogens is 340 g/mol. The van der Waals surface area contributed by atoms with Crippen LogP contribution in [0.1, 0.15) is 48.4 Å². The Morgan fingerprint density at radius 2 is 1.85 bits per heavy atom. The molecule has 0 radical (unpaired) electrons. The van der Waals surface area contributed by atoms with E-state index in [9.17, 15) is 9.59 Å². The minimum atomic E-state index is -0.106. The average Bonchev–Trinajstić information content (AvgIpc) is 2.87. The molecule has 0 unspecified atom stereocenters. The fourth-order valence-electron chi connectivity index (χ4n) is 3.38. The SMILES string of the molecule is CCc1ncc(C(=O)N2CCC(=O)N(Cc3ccccc3)[C@@H](CC)C2)cn1. The molecule has 1 aromatic heterocycles. The molecule has 1 aliphatic heterocycles. The molecular formula is C21H26N4O2. The summed E-state index contributed by atoms with van der Waals surface area (Å²) < 4.78 is 0. The topological polar surface area (TPSA) is 66.4 Å². The minimum Gasteiger partial charge on any atom is -0.336 e. The van der Waals surface area contributed by atoms with Crippen LogP contribution in [0.25, 0.3) is 0 Å². The number of benzene rings is 1. The van der Waals surface area contributed by atoms with Gasteiger partial charge in [0.1, 0.15) is 5.82 Å². The molecule has 142 valence electrons. The second-order valence-electron chi connectivity index (χ2n) is 6.81. The van der Waals surface area contributed by atoms with E-state index in [1.54, 1.807) is 17.3 Å². The van der Waals surface area contributed by atoms with Crippen molar-refractivity contribution in [3.05, 3.63) is 59.7 Å². The molecule has 2 heterocycles. The lowest BCUT2D eigenvalue weighted by atomic mass is 10.1. The predicted molar refractivity (Wildman–Crippen MR) is 103 cm³/mol. The van der Waals surface area contributed by atoms with Crippen LogP contribution in [-0.4, -0.2) is 50.7 Å². The van der Waals surface area contributed by atoms with Crippen molar-refractivity contribution < 1.29 is 9.59 Å². The molecule has 0 aliphatic carbocycles. The molecule has 1 aliphatic rings. The Morgan fingerprint density at radius 3 is 2.48 bits per heavy atom. The summed E-state index contributed by atoms with van der Waals surface area (Å²) in [6, 6.07) is 9.99. The van der Waals surface area contributed by atoms with Gasteiger partial charge in [0.15, 0.2) is 0 Å². The first-order valence-corrected chi connectivity index (χ1v) is 9.56. The van der Waals surface area contributed by atoms with Gasteiger partial charge in [-0.2, -0.15) is 0 Å². The maximum atomic E-state index is 12.9. The number of rotatable bonds is 5. The Morgan fingerprint density at radius 1 is 1.15 bits per heavy atom. The Balaban J connectivity index is 1.76. The fraction of sp³-hybridized carbons (Fsp3) is 0.429. The van der Waals surface area contributed by atoms with Crippen LogP contribution in [0.4, 0.5) is 0 Å². The second kappa shape index (κ2) is 8.75. The zero-order chi connectivity index (χ0) is 19.2. The molecule has 1 aromatic carbocycles. The van der Waals surface area contributed by atoms with E-state index in [2.05, 4.69) is 16.9 Å². The molecule has 27 heavy (non-hydrogen) atoms. The van der Waals surface area contributed by atoms with Crippen molar-refractivity contribution in [3.63, 3.8) is 0 Å². The highest BCUT2D eigenvalue weighted by atomic mass is 16.2. The molecule has 0 bridgehead atoms. The van der Waals surface area contributed by atoms with Gasteiger partial charge >= 0.3 is 0 Å². The number of nitrogens with zero attached hydrogens (tertiary/aromatic N) is 4. The van der Waals surface area contributed by atoms with Crippen molar-refractivity contribution in [2.24, 2.45) is 0 Å². The standard InChI is InChI=1S/C21H26N4O2/c1-3-18-15-24(21(27)17-12-22-19(4-2)23-13-17)11-10-20(26)25(18)14-16-8-6-5-7-9-16/h5-9,12-13,18H,3-4,10-11,14-15H2,1-2H3/t18-/m0/s1. The van der Waals surface area contributed by atoms with Gasteiger partial charge in [-0.3, -0.25) is 9.59 Å². The van der Waals surface area contributed by atoms with Crippen LogP contribution < -0.4 is 0 Å². The van der Waals surface area contributed by atoms with Crippen LogP contribution in [0, 0.1) is 0 Å². The number of aryl methyl sites for hydroxylation is 1. The van der Waals surface area contributed by atoms with E-state index in [4.69, 9.17) is 0 Å². The molecule has 0 spiro atoms. The van der Waals surface area contributed by atoms with Crippen LogP contribution in [0.15, 0.2) is 42.7 Å². The summed E-state index contributed by atoms with van der Waals surface area (Å²) in [5, 5.41) is 0. The van der Waals surface area contributed by atoms with Gasteiger partial charge in [-0.1, -0.05) is 44.2 Å². The lowest BCUT2D eigenvalue weighted by molar-refractivity contribution is -0.133. The molecule has 0 saturated carbocycles. The zero-order valence-corrected chi connectivity index (χ0v) is 16.0. The van der Waals surface area contributed by atoms with Gasteiger partial charge in [-0.25, -0.2) is 9.97 Å². The van der Waals surface area contributed by atoms with Crippen molar-refractivity contribution in [3.8, 4) is 0 Å². The number of hydrogen-bond donors (Lipinski definition) is 0. The summed E-state index contributed by atoms with van der Waals surface area (Å²) in [4.78, 5) is 37.8. The zero-order valence-electron chi connectivity index (χ0n) is 16.0. The van der Waals surface area contributed by atoms with Gasteiger partial charge < -0.3 is 9.80 Å². The summed E-state index contributed by atoms with van der Waals surface area (Å²) >= 11 is 0. The molecule has 0 N–H and O–H groups in total. The number of hydrogen-bond acceptors (Lipinski definition) is 4. The summed E-state index contributed by atoms with van der Waals surface area (Å²) in [6.45, 7) is 5.57. The second-order valence-corrected chi connectivity index (χ2v) is 6.81. The molecule has 3 rings (SSSR count). The predicted octanol–water partition coefficient (Wildman–Crippen LogP) is 2.69. The van der Waals surface area contributed by atoms with Crippen LogP contribution >= 0.6 is 0 Å². The van der Waals surface area contributed by atoms with E-state index in [0.717, 1.165) is 24.2 Å². The maximum absolute atomic E-state index is 12.9. The third-order valence-corrected chi connectivity index (χ3v) is 5.01. The first-order valence-electron chi connectivity index (χ1n) is 9.56. The first-order chi connectivity index (χ1) is 13.1. The van der Waals surface area contributed by atoms with E-state index < -0.39 is 0 Å². The number of amides is 2. The molecule has 1 fully saturated rings. The van der Waals surface area contributed by atoms with Gasteiger partial charge in [0.05, 0.1) is 5.56 Å². The third-order valence-electron chi connectivity index (χ3n) is 5.01. The Bertz CT molecular complexity index is 777. The minimum absolute atomic E-state index is 0.00000971. The van der Waals surface area contributed by atoms with Gasteiger partial charge in [-0.05, 0) is 12.0 Å². The van der Waals surface area contributed by atoms with Gasteiger partial charge in [0.2, 0.25) is 5.91 Å². The van der Waals surface area contributed by atoms with Gasteiger partial charge in [0.25, 0.3) is 5.91 Å². The number of carbonyl (C=O) groups excluding carboxylic acids is 2. The van der Waals surface area contributed by atoms with Gasteiger partial charge in [-0.15, -0.1) is 0 Å². The summed E-state index contributed by atoms with van der Waals surface area (Å²) in [7, 11) is 0. The van der Waals surface area contributed by atoms with E-state index in [0.29, 0.717) is 31.6 Å².